The molecule has 0 unspecified atom stereocenters. The van der Waals surface area contributed by atoms with Crippen LogP contribution in [0.1, 0.15) is 17.3 Å². The van der Waals surface area contributed by atoms with E-state index in [0.717, 1.165) is 5.56 Å². The Balaban J connectivity index is 0.00000121. The second-order valence-electron chi connectivity index (χ2n) is 2.21. The molecule has 0 radical (unpaired) electrons. The molecule has 0 bridgehead atoms. The summed E-state index contributed by atoms with van der Waals surface area (Å²) >= 11 is 0. The van der Waals surface area contributed by atoms with E-state index in [1.807, 2.05) is 0 Å². The summed E-state index contributed by atoms with van der Waals surface area (Å²) < 4.78 is 0. The average molecular weight is 153 g/mol. The van der Waals surface area contributed by atoms with E-state index in [1.165, 1.54) is 0 Å². The van der Waals surface area contributed by atoms with Crippen LogP contribution in [0.15, 0.2) is 24.3 Å². The summed E-state index contributed by atoms with van der Waals surface area (Å²) in [5, 5.41) is 8.52. The van der Waals surface area contributed by atoms with Crippen molar-refractivity contribution in [1.29, 1.82) is 0 Å². The Morgan fingerprint density at radius 2 is 2.00 bits per heavy atom. The van der Waals surface area contributed by atoms with Crippen LogP contribution >= 0.6 is 0 Å². The maximum atomic E-state index is 10.4. The van der Waals surface area contributed by atoms with Crippen LogP contribution in [0.2, 0.25) is 0 Å². The zero-order chi connectivity index (χ0) is 8.27. The highest BCUT2D eigenvalue weighted by Gasteiger charge is 1.99. The minimum absolute atomic E-state index is 0. The number of carbonyl (C=O) groups is 1. The second-order valence-corrected chi connectivity index (χ2v) is 2.21. The largest absolute Gasteiger partial charge is 0.478 e. The number of benzene rings is 1. The lowest BCUT2D eigenvalue weighted by molar-refractivity contribution is 0.0697. The van der Waals surface area contributed by atoms with Crippen molar-refractivity contribution >= 4 is 5.97 Å². The van der Waals surface area contributed by atoms with Gasteiger partial charge < -0.3 is 10.8 Å². The minimum Gasteiger partial charge on any atom is -0.478 e. The van der Waals surface area contributed by atoms with Gasteiger partial charge >= 0.3 is 5.97 Å². The molecule has 0 saturated carbocycles. The van der Waals surface area contributed by atoms with Gasteiger partial charge in [0, 0.05) is 7.97 Å². The van der Waals surface area contributed by atoms with Crippen molar-refractivity contribution in [2.75, 3.05) is 0 Å². The number of aromatic carboxylic acids is 1. The number of nitrogens with two attached hydrogens (primary N) is 1. The van der Waals surface area contributed by atoms with Crippen molar-refractivity contribution in [3.05, 3.63) is 35.4 Å². The summed E-state index contributed by atoms with van der Waals surface area (Å²) in [6, 6.07) is 6.52. The van der Waals surface area contributed by atoms with Gasteiger partial charge in [-0.05, 0) is 17.7 Å². The molecule has 1 rings (SSSR count). The molecule has 3 nitrogen and oxygen atoms in total. The molecule has 11 heavy (non-hydrogen) atoms. The van der Waals surface area contributed by atoms with Crippen molar-refractivity contribution in [3.63, 3.8) is 0 Å². The molecule has 0 amide bonds. The van der Waals surface area contributed by atoms with Gasteiger partial charge in [-0.2, -0.15) is 0 Å². The molecule has 3 N–H and O–H groups in total. The Hall–Kier alpha value is -1.35. The second kappa shape index (κ2) is 3.16. The van der Waals surface area contributed by atoms with Gasteiger partial charge in [-0.1, -0.05) is 12.1 Å². The third kappa shape index (κ3) is 1.78. The summed E-state index contributed by atoms with van der Waals surface area (Å²) in [6.07, 6.45) is 0. The van der Waals surface area contributed by atoms with E-state index in [9.17, 15) is 4.79 Å². The molecule has 1 aromatic carbocycles. The number of carboxylic acids is 1. The van der Waals surface area contributed by atoms with E-state index >= 15 is 0 Å². The van der Waals surface area contributed by atoms with Crippen LogP contribution < -0.4 is 5.73 Å². The highest BCUT2D eigenvalue weighted by atomic mass is 16.4. The predicted octanol–water partition coefficient (Wildman–Crippen LogP) is 1.09. The van der Waals surface area contributed by atoms with Crippen LogP contribution in [0.4, 0.5) is 0 Å². The van der Waals surface area contributed by atoms with Gasteiger partial charge in [0.15, 0.2) is 0 Å². The van der Waals surface area contributed by atoms with Crippen LogP contribution in [0, 0.1) is 0 Å². The van der Waals surface area contributed by atoms with Crippen LogP contribution in [-0.2, 0) is 6.54 Å². The fraction of sp³-hybridized carbons (Fsp3) is 0.125. The fourth-order valence-corrected chi connectivity index (χ4v) is 0.783. The van der Waals surface area contributed by atoms with E-state index in [0.29, 0.717) is 12.1 Å². The van der Waals surface area contributed by atoms with E-state index in [2.05, 4.69) is 0 Å². The molecule has 0 saturated heterocycles. The number of hydrogen-bond donors (Lipinski definition) is 2. The molecular formula is C8H11NO2. The monoisotopic (exact) mass is 153 g/mol. The van der Waals surface area contributed by atoms with Crippen molar-refractivity contribution < 1.29 is 11.3 Å². The Morgan fingerprint density at radius 1 is 1.45 bits per heavy atom. The molecule has 0 fully saturated rings. The first kappa shape index (κ1) is 7.75. The molecular weight excluding hydrogens is 142 g/mol. The van der Waals surface area contributed by atoms with Crippen molar-refractivity contribution in [2.24, 2.45) is 5.73 Å². The Labute approximate surface area is 65.9 Å². The van der Waals surface area contributed by atoms with Gasteiger partial charge in [0.25, 0.3) is 0 Å². The Morgan fingerprint density at radius 3 is 2.36 bits per heavy atom. The van der Waals surface area contributed by atoms with Crippen LogP contribution in [0.3, 0.4) is 0 Å². The van der Waals surface area contributed by atoms with Crippen LogP contribution in [0.25, 0.3) is 0 Å². The number of carboxylic acid groups (broad SMARTS) is 1. The topological polar surface area (TPSA) is 63.3 Å². The maximum absolute atomic E-state index is 10.4. The highest BCUT2D eigenvalue weighted by molar-refractivity contribution is 5.87. The number of rotatable bonds is 2. The summed E-state index contributed by atoms with van der Waals surface area (Å²) in [4.78, 5) is 10.4. The third-order valence-corrected chi connectivity index (χ3v) is 1.44. The molecule has 0 heterocycles. The smallest absolute Gasteiger partial charge is 0.335 e. The quantitative estimate of drug-likeness (QED) is 0.668. The molecule has 0 spiro atoms. The van der Waals surface area contributed by atoms with E-state index in [1.54, 1.807) is 24.3 Å². The van der Waals surface area contributed by atoms with Crippen molar-refractivity contribution in [3.8, 4) is 0 Å². The lowest BCUT2D eigenvalue weighted by Crippen LogP contribution is -1.99. The molecule has 0 aliphatic heterocycles. The predicted molar refractivity (Wildman–Crippen MR) is 43.4 cm³/mol. The van der Waals surface area contributed by atoms with Crippen LogP contribution in [0.5, 0.6) is 0 Å². The lowest BCUT2D eigenvalue weighted by Gasteiger charge is -1.96. The van der Waals surface area contributed by atoms with Crippen molar-refractivity contribution in [2.45, 2.75) is 6.54 Å². The first-order valence-electron chi connectivity index (χ1n) is 3.26. The third-order valence-electron chi connectivity index (χ3n) is 1.44. The Kier molecular flexibility index (Phi) is 2.23. The van der Waals surface area contributed by atoms with Gasteiger partial charge in [0.1, 0.15) is 0 Å². The van der Waals surface area contributed by atoms with Crippen molar-refractivity contribution in [1.82, 2.24) is 0 Å². The van der Waals surface area contributed by atoms with Gasteiger partial charge in [0.05, 0.1) is 5.56 Å². The zero-order valence-corrected chi connectivity index (χ0v) is 5.95. The molecule has 60 valence electrons. The molecule has 0 aliphatic rings. The zero-order valence-electron chi connectivity index (χ0n) is 5.95. The van der Waals surface area contributed by atoms with Gasteiger partial charge in [-0.25, -0.2) is 4.79 Å². The first-order valence-corrected chi connectivity index (χ1v) is 3.26. The molecule has 0 aliphatic carbocycles. The highest BCUT2D eigenvalue weighted by Crippen LogP contribution is 2.02. The molecule has 3 heteroatoms. The summed E-state index contributed by atoms with van der Waals surface area (Å²) in [5.41, 5.74) is 6.56. The molecule has 0 aromatic heterocycles. The first-order chi connectivity index (χ1) is 5.24. The maximum Gasteiger partial charge on any atom is 0.335 e. The van der Waals surface area contributed by atoms with E-state index in [-0.39, 0.29) is 1.43 Å². The average Bonchev–Trinajstić information content (AvgIpc) is 2.05. The van der Waals surface area contributed by atoms with E-state index < -0.39 is 5.97 Å². The Bertz CT molecular complexity index is 258. The van der Waals surface area contributed by atoms with Gasteiger partial charge in [-0.3, -0.25) is 0 Å². The molecule has 1 aromatic rings. The molecule has 0 atom stereocenters. The normalized spacial score (nSPS) is 9.55. The summed E-state index contributed by atoms with van der Waals surface area (Å²) in [5.74, 6) is -0.909. The number of hydrogen-bond acceptors (Lipinski definition) is 2. The summed E-state index contributed by atoms with van der Waals surface area (Å²) in [6.45, 7) is 0.444. The SMILES string of the molecule is NCc1ccc(C(=O)O)cc1.[HH]. The summed E-state index contributed by atoms with van der Waals surface area (Å²) in [7, 11) is 0. The van der Waals surface area contributed by atoms with Gasteiger partial charge in [0.2, 0.25) is 0 Å². The standard InChI is InChI=1S/C8H9NO2.H2/c9-5-6-1-3-7(4-2-6)8(10)11;/h1-4H,5,9H2,(H,10,11);1H. The van der Waals surface area contributed by atoms with Crippen LogP contribution in [-0.4, -0.2) is 11.1 Å². The van der Waals surface area contributed by atoms with E-state index in [4.69, 9.17) is 10.8 Å². The van der Waals surface area contributed by atoms with Gasteiger partial charge in [-0.15, -0.1) is 0 Å². The lowest BCUT2D eigenvalue weighted by atomic mass is 10.1. The fourth-order valence-electron chi connectivity index (χ4n) is 0.783. The minimum atomic E-state index is -0.909.